The van der Waals surface area contributed by atoms with Gasteiger partial charge in [-0.3, -0.25) is 0 Å². The van der Waals surface area contributed by atoms with Gasteiger partial charge in [0.1, 0.15) is 5.82 Å². The first-order chi connectivity index (χ1) is 8.65. The predicted octanol–water partition coefficient (Wildman–Crippen LogP) is 1.49. The van der Waals surface area contributed by atoms with E-state index in [1.165, 1.54) is 12.1 Å². The Bertz CT molecular complexity index is 557. The van der Waals surface area contributed by atoms with E-state index in [4.69, 9.17) is 5.11 Å². The molecule has 2 rings (SSSR count). The van der Waals surface area contributed by atoms with Crippen molar-refractivity contribution in [2.45, 2.75) is 13.5 Å². The highest BCUT2D eigenvalue weighted by Gasteiger charge is 2.06. The van der Waals surface area contributed by atoms with Crippen molar-refractivity contribution in [3.8, 4) is 0 Å². The first-order valence-corrected chi connectivity index (χ1v) is 5.37. The molecule has 6 nitrogen and oxygen atoms in total. The molecule has 0 spiro atoms. The minimum Gasteiger partial charge on any atom is -0.478 e. The van der Waals surface area contributed by atoms with Crippen molar-refractivity contribution in [2.24, 2.45) is 0 Å². The third-order valence-corrected chi connectivity index (χ3v) is 2.28. The predicted molar refractivity (Wildman–Crippen MR) is 65.3 cm³/mol. The number of carboxylic acids is 1. The summed E-state index contributed by atoms with van der Waals surface area (Å²) in [6.07, 6.45) is 1.59. The van der Waals surface area contributed by atoms with Gasteiger partial charge in [0.05, 0.1) is 17.8 Å². The Labute approximate surface area is 104 Å². The second-order valence-corrected chi connectivity index (χ2v) is 3.76. The van der Waals surface area contributed by atoms with Gasteiger partial charge in [-0.25, -0.2) is 9.78 Å². The van der Waals surface area contributed by atoms with E-state index in [2.05, 4.69) is 20.5 Å². The normalized spacial score (nSPS) is 10.1. The Kier molecular flexibility index (Phi) is 3.47. The van der Waals surface area contributed by atoms with Gasteiger partial charge in [-0.05, 0) is 31.2 Å². The molecule has 0 atom stereocenters. The fourth-order valence-electron chi connectivity index (χ4n) is 1.49. The van der Waals surface area contributed by atoms with Crippen LogP contribution in [0, 0.1) is 6.92 Å². The van der Waals surface area contributed by atoms with Gasteiger partial charge in [0.15, 0.2) is 0 Å². The van der Waals surface area contributed by atoms with Gasteiger partial charge >= 0.3 is 5.97 Å². The molecule has 0 saturated carbocycles. The summed E-state index contributed by atoms with van der Waals surface area (Å²) < 4.78 is 0. The molecule has 2 heterocycles. The second kappa shape index (κ2) is 5.22. The van der Waals surface area contributed by atoms with Crippen LogP contribution in [0.3, 0.4) is 0 Å². The molecule has 0 fully saturated rings. The molecule has 0 aliphatic carbocycles. The average molecular weight is 244 g/mol. The van der Waals surface area contributed by atoms with Gasteiger partial charge in [-0.1, -0.05) is 0 Å². The SMILES string of the molecule is Cc1cc(C(=O)O)cc(NCc2cccnn2)n1. The molecule has 0 bridgehead atoms. The lowest BCUT2D eigenvalue weighted by Crippen LogP contribution is -2.06. The van der Waals surface area contributed by atoms with Crippen LogP contribution in [0.25, 0.3) is 0 Å². The van der Waals surface area contributed by atoms with Crippen LogP contribution in [0.15, 0.2) is 30.5 Å². The number of aromatic carboxylic acids is 1. The Morgan fingerprint density at radius 1 is 1.44 bits per heavy atom. The Balaban J connectivity index is 2.12. The Hall–Kier alpha value is -2.50. The lowest BCUT2D eigenvalue weighted by molar-refractivity contribution is 0.0696. The monoisotopic (exact) mass is 244 g/mol. The summed E-state index contributed by atoms with van der Waals surface area (Å²) in [6.45, 7) is 2.20. The number of aryl methyl sites for hydroxylation is 1. The van der Waals surface area contributed by atoms with Gasteiger partial charge in [-0.15, -0.1) is 0 Å². The third-order valence-electron chi connectivity index (χ3n) is 2.28. The fraction of sp³-hybridized carbons (Fsp3) is 0.167. The van der Waals surface area contributed by atoms with Crippen LogP contribution in [0.5, 0.6) is 0 Å². The van der Waals surface area contributed by atoms with Crippen molar-refractivity contribution >= 4 is 11.8 Å². The molecule has 0 unspecified atom stereocenters. The first-order valence-electron chi connectivity index (χ1n) is 5.37. The number of anilines is 1. The molecule has 0 aliphatic heterocycles. The zero-order valence-corrected chi connectivity index (χ0v) is 9.79. The third kappa shape index (κ3) is 3.00. The smallest absolute Gasteiger partial charge is 0.335 e. The number of nitrogens with zero attached hydrogens (tertiary/aromatic N) is 3. The number of carbonyl (C=O) groups is 1. The van der Waals surface area contributed by atoms with Gasteiger partial charge in [-0.2, -0.15) is 10.2 Å². The number of hydrogen-bond donors (Lipinski definition) is 2. The molecule has 2 aromatic rings. The maximum Gasteiger partial charge on any atom is 0.335 e. The maximum absolute atomic E-state index is 10.9. The first kappa shape index (κ1) is 12.0. The summed E-state index contributed by atoms with van der Waals surface area (Å²) in [4.78, 5) is 15.1. The number of rotatable bonds is 4. The summed E-state index contributed by atoms with van der Waals surface area (Å²) >= 11 is 0. The van der Waals surface area contributed by atoms with E-state index in [0.29, 0.717) is 18.1 Å². The number of pyridine rings is 1. The summed E-state index contributed by atoms with van der Waals surface area (Å²) in [5.41, 5.74) is 1.62. The zero-order chi connectivity index (χ0) is 13.0. The van der Waals surface area contributed by atoms with Gasteiger partial charge in [0.25, 0.3) is 0 Å². The minimum absolute atomic E-state index is 0.212. The maximum atomic E-state index is 10.9. The molecule has 0 aromatic carbocycles. The highest BCUT2D eigenvalue weighted by atomic mass is 16.4. The highest BCUT2D eigenvalue weighted by molar-refractivity contribution is 5.88. The van der Waals surface area contributed by atoms with Gasteiger partial charge in [0, 0.05) is 11.9 Å². The van der Waals surface area contributed by atoms with Gasteiger partial charge in [0.2, 0.25) is 0 Å². The summed E-state index contributed by atoms with van der Waals surface area (Å²) in [6, 6.07) is 6.63. The molecule has 18 heavy (non-hydrogen) atoms. The average Bonchev–Trinajstić information content (AvgIpc) is 2.37. The van der Waals surface area contributed by atoms with Crippen molar-refractivity contribution < 1.29 is 9.90 Å². The van der Waals surface area contributed by atoms with E-state index >= 15 is 0 Å². The Morgan fingerprint density at radius 3 is 2.94 bits per heavy atom. The van der Waals surface area contributed by atoms with Crippen LogP contribution in [-0.2, 0) is 6.54 Å². The number of nitrogens with one attached hydrogen (secondary N) is 1. The van der Waals surface area contributed by atoms with Crippen molar-refractivity contribution in [1.29, 1.82) is 0 Å². The van der Waals surface area contributed by atoms with Crippen LogP contribution >= 0.6 is 0 Å². The van der Waals surface area contributed by atoms with Crippen molar-refractivity contribution in [3.05, 3.63) is 47.4 Å². The topological polar surface area (TPSA) is 88.0 Å². The van der Waals surface area contributed by atoms with Gasteiger partial charge < -0.3 is 10.4 Å². The fourth-order valence-corrected chi connectivity index (χ4v) is 1.49. The molecule has 2 aromatic heterocycles. The largest absolute Gasteiger partial charge is 0.478 e. The molecule has 0 amide bonds. The lowest BCUT2D eigenvalue weighted by Gasteiger charge is -2.06. The van der Waals surface area contributed by atoms with E-state index in [1.54, 1.807) is 19.2 Å². The van der Waals surface area contributed by atoms with Crippen LogP contribution in [0.4, 0.5) is 5.82 Å². The molecular weight excluding hydrogens is 232 g/mol. The molecule has 0 aliphatic rings. The summed E-state index contributed by atoms with van der Waals surface area (Å²) in [5.74, 6) is -0.457. The van der Waals surface area contributed by atoms with E-state index in [0.717, 1.165) is 5.69 Å². The van der Waals surface area contributed by atoms with Crippen LogP contribution in [-0.4, -0.2) is 26.3 Å². The van der Waals surface area contributed by atoms with E-state index in [-0.39, 0.29) is 5.56 Å². The Morgan fingerprint density at radius 2 is 2.28 bits per heavy atom. The molecule has 6 heteroatoms. The van der Waals surface area contributed by atoms with Crippen LogP contribution in [0.1, 0.15) is 21.7 Å². The van der Waals surface area contributed by atoms with E-state index < -0.39 is 5.97 Å². The minimum atomic E-state index is -0.969. The highest BCUT2D eigenvalue weighted by Crippen LogP contribution is 2.11. The lowest BCUT2D eigenvalue weighted by atomic mass is 10.2. The van der Waals surface area contributed by atoms with E-state index in [9.17, 15) is 4.79 Å². The molecular formula is C12H12N4O2. The summed E-state index contributed by atoms with van der Waals surface area (Å²) in [5, 5.41) is 19.6. The van der Waals surface area contributed by atoms with Crippen molar-refractivity contribution in [1.82, 2.24) is 15.2 Å². The number of aromatic nitrogens is 3. The molecule has 0 saturated heterocycles. The standard InChI is InChI=1S/C12H12N4O2/c1-8-5-9(12(17)18)6-11(15-8)13-7-10-3-2-4-14-16-10/h2-6H,7H2,1H3,(H,13,15)(H,17,18). The van der Waals surface area contributed by atoms with Crippen LogP contribution in [0.2, 0.25) is 0 Å². The number of hydrogen-bond acceptors (Lipinski definition) is 5. The van der Waals surface area contributed by atoms with E-state index in [1.807, 2.05) is 6.07 Å². The van der Waals surface area contributed by atoms with Crippen molar-refractivity contribution in [3.63, 3.8) is 0 Å². The van der Waals surface area contributed by atoms with Crippen molar-refractivity contribution in [2.75, 3.05) is 5.32 Å². The number of carboxylic acid groups (broad SMARTS) is 1. The quantitative estimate of drug-likeness (QED) is 0.847. The second-order valence-electron chi connectivity index (χ2n) is 3.76. The van der Waals surface area contributed by atoms with Crippen LogP contribution < -0.4 is 5.32 Å². The molecule has 2 N–H and O–H groups in total. The summed E-state index contributed by atoms with van der Waals surface area (Å²) in [7, 11) is 0. The molecule has 92 valence electrons. The zero-order valence-electron chi connectivity index (χ0n) is 9.79. The molecule has 0 radical (unpaired) electrons.